The average molecular weight is 370 g/mol. The van der Waals surface area contributed by atoms with E-state index >= 15 is 0 Å². The lowest BCUT2D eigenvalue weighted by Gasteiger charge is -2.15. The predicted octanol–water partition coefficient (Wildman–Crippen LogP) is 2.54. The first-order valence-corrected chi connectivity index (χ1v) is 8.50. The summed E-state index contributed by atoms with van der Waals surface area (Å²) in [6.45, 7) is 4.39. The zero-order valence-corrected chi connectivity index (χ0v) is 15.9. The molecule has 25 heavy (non-hydrogen) atoms. The molecule has 1 aliphatic rings. The van der Waals surface area contributed by atoms with E-state index in [9.17, 15) is 9.59 Å². The average Bonchev–Trinajstić information content (AvgIpc) is 3.07. The van der Waals surface area contributed by atoms with Crippen molar-refractivity contribution in [1.82, 2.24) is 10.2 Å². The van der Waals surface area contributed by atoms with Crippen molar-refractivity contribution in [3.63, 3.8) is 0 Å². The second-order valence-electron chi connectivity index (χ2n) is 6.29. The van der Waals surface area contributed by atoms with Crippen LogP contribution in [0.25, 0.3) is 0 Å². The number of nitrogens with zero attached hydrogens (tertiary/aromatic N) is 1. The van der Waals surface area contributed by atoms with Crippen molar-refractivity contribution in [2.45, 2.75) is 26.2 Å². The number of rotatable bonds is 7. The van der Waals surface area contributed by atoms with Gasteiger partial charge in [-0.2, -0.15) is 0 Å². The van der Waals surface area contributed by atoms with Crippen molar-refractivity contribution < 1.29 is 14.3 Å². The van der Waals surface area contributed by atoms with Gasteiger partial charge in [0.05, 0.1) is 12.3 Å². The molecule has 1 saturated heterocycles. The minimum Gasteiger partial charge on any atom is -0.492 e. The molecule has 1 aromatic rings. The smallest absolute Gasteiger partial charge is 0.253 e. The Morgan fingerprint density at radius 3 is 2.72 bits per heavy atom. The van der Waals surface area contributed by atoms with E-state index in [1.54, 1.807) is 32.3 Å². The molecule has 6 nitrogen and oxygen atoms in total. The molecule has 0 bridgehead atoms. The number of hydrogen-bond donors (Lipinski definition) is 2. The van der Waals surface area contributed by atoms with Crippen LogP contribution >= 0.6 is 12.4 Å². The first-order chi connectivity index (χ1) is 11.5. The van der Waals surface area contributed by atoms with E-state index in [0.717, 1.165) is 25.9 Å². The Hall–Kier alpha value is -1.79. The quantitative estimate of drug-likeness (QED) is 0.774. The molecule has 2 N–H and O–H groups in total. The summed E-state index contributed by atoms with van der Waals surface area (Å²) in [4.78, 5) is 25.8. The fraction of sp³-hybridized carbons (Fsp3) is 0.556. The van der Waals surface area contributed by atoms with E-state index in [0.29, 0.717) is 35.9 Å². The normalized spacial score (nSPS) is 16.0. The van der Waals surface area contributed by atoms with Crippen molar-refractivity contribution in [1.29, 1.82) is 0 Å². The Balaban J connectivity index is 0.00000312. The molecule has 0 radical (unpaired) electrons. The van der Waals surface area contributed by atoms with Gasteiger partial charge in [0.1, 0.15) is 5.75 Å². The number of carbonyl (C=O) groups excluding carboxylic acids is 2. The summed E-state index contributed by atoms with van der Waals surface area (Å²) in [5.74, 6) is 1.00. The lowest BCUT2D eigenvalue weighted by atomic mass is 10.0. The summed E-state index contributed by atoms with van der Waals surface area (Å²) < 4.78 is 5.59. The first kappa shape index (κ1) is 21.3. The molecule has 1 aliphatic heterocycles. The van der Waals surface area contributed by atoms with Gasteiger partial charge < -0.3 is 20.3 Å². The highest BCUT2D eigenvalue weighted by molar-refractivity contribution is 5.97. The molecule has 0 aromatic heterocycles. The van der Waals surface area contributed by atoms with E-state index < -0.39 is 0 Å². The van der Waals surface area contributed by atoms with Gasteiger partial charge in [-0.15, -0.1) is 12.4 Å². The van der Waals surface area contributed by atoms with Crippen LogP contribution in [0, 0.1) is 5.92 Å². The number of carbonyl (C=O) groups is 2. The number of amides is 2. The molecule has 7 heteroatoms. The van der Waals surface area contributed by atoms with Gasteiger partial charge in [-0.3, -0.25) is 9.59 Å². The number of ether oxygens (including phenoxy) is 1. The third-order valence-corrected chi connectivity index (χ3v) is 4.15. The Kier molecular flexibility index (Phi) is 8.72. The number of hydrogen-bond acceptors (Lipinski definition) is 4. The molecule has 0 saturated carbocycles. The maximum atomic E-state index is 12.2. The van der Waals surface area contributed by atoms with Gasteiger partial charge in [0.15, 0.2) is 0 Å². The fourth-order valence-corrected chi connectivity index (χ4v) is 2.80. The van der Waals surface area contributed by atoms with Crippen LogP contribution in [-0.2, 0) is 4.79 Å². The summed E-state index contributed by atoms with van der Waals surface area (Å²) in [6, 6.07) is 5.13. The molecule has 1 unspecified atom stereocenters. The zero-order valence-electron chi connectivity index (χ0n) is 15.1. The van der Waals surface area contributed by atoms with Gasteiger partial charge in [0.25, 0.3) is 5.91 Å². The zero-order chi connectivity index (χ0) is 17.5. The number of nitrogens with one attached hydrogen (secondary N) is 2. The van der Waals surface area contributed by atoms with E-state index in [1.807, 2.05) is 6.92 Å². The molecule has 140 valence electrons. The molecular weight excluding hydrogens is 342 g/mol. The molecule has 0 aliphatic carbocycles. The Morgan fingerprint density at radius 1 is 1.36 bits per heavy atom. The predicted molar refractivity (Wildman–Crippen MR) is 102 cm³/mol. The largest absolute Gasteiger partial charge is 0.492 e. The van der Waals surface area contributed by atoms with Crippen molar-refractivity contribution in [3.05, 3.63) is 23.8 Å². The van der Waals surface area contributed by atoms with Crippen LogP contribution in [0.15, 0.2) is 18.2 Å². The standard InChI is InChI=1S/C18H27N3O3.ClH/c1-4-24-16-11-14(18(23)21(2)3)6-7-15(16)20-17(22)8-5-13-9-10-19-12-13;/h6-7,11,13,19H,4-5,8-10,12H2,1-3H3,(H,20,22);1H. The van der Waals surface area contributed by atoms with Crippen LogP contribution in [0.1, 0.15) is 36.5 Å². The fourth-order valence-electron chi connectivity index (χ4n) is 2.80. The Morgan fingerprint density at radius 2 is 2.12 bits per heavy atom. The van der Waals surface area contributed by atoms with Crippen LogP contribution < -0.4 is 15.4 Å². The van der Waals surface area contributed by atoms with Crippen molar-refractivity contribution >= 4 is 29.9 Å². The van der Waals surface area contributed by atoms with Crippen LogP contribution in [0.3, 0.4) is 0 Å². The molecule has 2 rings (SSSR count). The highest BCUT2D eigenvalue weighted by Gasteiger charge is 2.17. The summed E-state index contributed by atoms with van der Waals surface area (Å²) >= 11 is 0. The molecule has 2 amide bonds. The molecular formula is C18H28ClN3O3. The third-order valence-electron chi connectivity index (χ3n) is 4.15. The van der Waals surface area contributed by atoms with Gasteiger partial charge in [-0.25, -0.2) is 0 Å². The van der Waals surface area contributed by atoms with Gasteiger partial charge in [-0.05, 0) is 57.0 Å². The Labute approximate surface area is 155 Å². The molecule has 1 fully saturated rings. The van der Waals surface area contributed by atoms with E-state index in [1.165, 1.54) is 4.90 Å². The lowest BCUT2D eigenvalue weighted by Crippen LogP contribution is -2.22. The maximum Gasteiger partial charge on any atom is 0.253 e. The first-order valence-electron chi connectivity index (χ1n) is 8.50. The van der Waals surface area contributed by atoms with Crippen LogP contribution in [-0.4, -0.2) is 50.5 Å². The third kappa shape index (κ3) is 6.21. The van der Waals surface area contributed by atoms with Crippen LogP contribution in [0.4, 0.5) is 5.69 Å². The van der Waals surface area contributed by atoms with Crippen LogP contribution in [0.2, 0.25) is 0 Å². The topological polar surface area (TPSA) is 70.7 Å². The van der Waals surface area contributed by atoms with Gasteiger partial charge in [0, 0.05) is 26.1 Å². The van der Waals surface area contributed by atoms with E-state index in [4.69, 9.17) is 4.74 Å². The van der Waals surface area contributed by atoms with Gasteiger partial charge in [-0.1, -0.05) is 0 Å². The second-order valence-corrected chi connectivity index (χ2v) is 6.29. The summed E-state index contributed by atoms with van der Waals surface area (Å²) in [6.07, 6.45) is 2.52. The van der Waals surface area contributed by atoms with Crippen LogP contribution in [0.5, 0.6) is 5.75 Å². The number of anilines is 1. The SMILES string of the molecule is CCOc1cc(C(=O)N(C)C)ccc1NC(=O)CCC1CCNC1.Cl. The van der Waals surface area contributed by atoms with Crippen molar-refractivity contribution in [2.24, 2.45) is 5.92 Å². The Bertz CT molecular complexity index is 587. The summed E-state index contributed by atoms with van der Waals surface area (Å²) in [5, 5.41) is 6.22. The minimum atomic E-state index is -0.0948. The number of benzene rings is 1. The molecule has 1 atom stereocenters. The monoisotopic (exact) mass is 369 g/mol. The lowest BCUT2D eigenvalue weighted by molar-refractivity contribution is -0.116. The van der Waals surface area contributed by atoms with E-state index in [-0.39, 0.29) is 24.2 Å². The van der Waals surface area contributed by atoms with Gasteiger partial charge >= 0.3 is 0 Å². The van der Waals surface area contributed by atoms with E-state index in [2.05, 4.69) is 10.6 Å². The second kappa shape index (κ2) is 10.3. The summed E-state index contributed by atoms with van der Waals surface area (Å²) in [5.41, 5.74) is 1.15. The molecule has 1 heterocycles. The van der Waals surface area contributed by atoms with Crippen molar-refractivity contribution in [3.8, 4) is 5.75 Å². The maximum absolute atomic E-state index is 12.2. The number of halogens is 1. The highest BCUT2D eigenvalue weighted by atomic mass is 35.5. The van der Waals surface area contributed by atoms with Crippen molar-refractivity contribution in [2.75, 3.05) is 39.1 Å². The molecule has 1 aromatic carbocycles. The minimum absolute atomic E-state index is 0. The molecule has 0 spiro atoms. The highest BCUT2D eigenvalue weighted by Crippen LogP contribution is 2.27. The summed E-state index contributed by atoms with van der Waals surface area (Å²) in [7, 11) is 3.41. The van der Waals surface area contributed by atoms with Gasteiger partial charge in [0.2, 0.25) is 5.91 Å².